The molecule has 0 atom stereocenters. The van der Waals surface area contributed by atoms with E-state index in [0.717, 1.165) is 12.8 Å². The minimum Gasteiger partial charge on any atom is -0.326 e. The van der Waals surface area contributed by atoms with E-state index in [4.69, 9.17) is 10.7 Å². The summed E-state index contributed by atoms with van der Waals surface area (Å²) < 4.78 is 0. The molecule has 0 saturated carbocycles. The molecule has 17 heavy (non-hydrogen) atoms. The molecule has 92 valence electrons. The highest BCUT2D eigenvalue weighted by molar-refractivity contribution is 7.12. The zero-order chi connectivity index (χ0) is 12.3. The highest BCUT2D eigenvalue weighted by Gasteiger charge is 2.12. The number of thiazole rings is 1. The monoisotopic (exact) mass is 266 g/mol. The predicted molar refractivity (Wildman–Crippen MR) is 75.7 cm³/mol. The lowest BCUT2D eigenvalue weighted by molar-refractivity contribution is 0.632. The molecule has 2 rings (SSSR count). The molecule has 0 radical (unpaired) electrons. The van der Waals surface area contributed by atoms with Crippen LogP contribution in [-0.4, -0.2) is 4.98 Å². The average Bonchev–Trinajstić information content (AvgIpc) is 2.88. The topological polar surface area (TPSA) is 38.9 Å². The van der Waals surface area contributed by atoms with Crippen molar-refractivity contribution in [2.24, 2.45) is 11.7 Å². The zero-order valence-corrected chi connectivity index (χ0v) is 11.9. The highest BCUT2D eigenvalue weighted by Crippen LogP contribution is 2.24. The number of aromatic nitrogens is 1. The van der Waals surface area contributed by atoms with Gasteiger partial charge in [0.1, 0.15) is 0 Å². The van der Waals surface area contributed by atoms with E-state index in [0.29, 0.717) is 12.5 Å². The first-order valence-corrected chi connectivity index (χ1v) is 7.58. The van der Waals surface area contributed by atoms with Crippen LogP contribution in [0.2, 0.25) is 0 Å². The average molecular weight is 266 g/mol. The standard InChI is InChI=1S/C13H18N2S2/c1-9(2)6-11-12(8-14)17-13(15-11)7-10-4-3-5-16-10/h3-5,9H,6-8,14H2,1-2H3. The Hall–Kier alpha value is -0.710. The molecule has 0 unspecified atom stereocenters. The number of rotatable bonds is 5. The van der Waals surface area contributed by atoms with Gasteiger partial charge in [0, 0.05) is 22.7 Å². The van der Waals surface area contributed by atoms with E-state index in [1.807, 2.05) is 0 Å². The SMILES string of the molecule is CC(C)Cc1nc(Cc2cccs2)sc1CN. The van der Waals surface area contributed by atoms with Gasteiger partial charge in [-0.3, -0.25) is 0 Å². The largest absolute Gasteiger partial charge is 0.326 e. The van der Waals surface area contributed by atoms with Crippen LogP contribution in [0.3, 0.4) is 0 Å². The summed E-state index contributed by atoms with van der Waals surface area (Å²) >= 11 is 3.56. The number of nitrogens with two attached hydrogens (primary N) is 1. The molecule has 0 bridgehead atoms. The predicted octanol–water partition coefficient (Wildman–Crippen LogP) is 3.45. The Morgan fingerprint density at radius 3 is 2.82 bits per heavy atom. The van der Waals surface area contributed by atoms with Crippen molar-refractivity contribution >= 4 is 22.7 Å². The van der Waals surface area contributed by atoms with Gasteiger partial charge in [-0.15, -0.1) is 22.7 Å². The lowest BCUT2D eigenvalue weighted by Gasteiger charge is -2.02. The molecule has 4 heteroatoms. The van der Waals surface area contributed by atoms with Crippen LogP contribution in [-0.2, 0) is 19.4 Å². The molecule has 2 nitrogen and oxygen atoms in total. The third-order valence-corrected chi connectivity index (χ3v) is 4.51. The Bertz CT molecular complexity index is 458. The molecular formula is C13H18N2S2. The fourth-order valence-electron chi connectivity index (χ4n) is 1.78. The maximum atomic E-state index is 5.79. The molecule has 0 fully saturated rings. The van der Waals surface area contributed by atoms with Gasteiger partial charge in [-0.2, -0.15) is 0 Å². The molecule has 2 aromatic heterocycles. The maximum Gasteiger partial charge on any atom is 0.0983 e. The Labute approximate surface area is 111 Å². The van der Waals surface area contributed by atoms with Crippen molar-refractivity contribution in [3.8, 4) is 0 Å². The van der Waals surface area contributed by atoms with Crippen molar-refractivity contribution in [2.45, 2.75) is 33.2 Å². The summed E-state index contributed by atoms with van der Waals surface area (Å²) in [5, 5.41) is 3.31. The quantitative estimate of drug-likeness (QED) is 0.900. The van der Waals surface area contributed by atoms with Crippen LogP contribution < -0.4 is 5.73 Å². The molecule has 0 aromatic carbocycles. The van der Waals surface area contributed by atoms with Crippen LogP contribution in [0.15, 0.2) is 17.5 Å². The van der Waals surface area contributed by atoms with E-state index in [1.54, 1.807) is 22.7 Å². The van der Waals surface area contributed by atoms with Crippen LogP contribution >= 0.6 is 22.7 Å². The number of nitrogens with zero attached hydrogens (tertiary/aromatic N) is 1. The second kappa shape index (κ2) is 5.76. The summed E-state index contributed by atoms with van der Waals surface area (Å²) in [6.45, 7) is 5.06. The van der Waals surface area contributed by atoms with Gasteiger partial charge in [-0.25, -0.2) is 4.98 Å². The summed E-state index contributed by atoms with van der Waals surface area (Å²) in [7, 11) is 0. The summed E-state index contributed by atoms with van der Waals surface area (Å²) in [6, 6.07) is 4.25. The van der Waals surface area contributed by atoms with E-state index in [2.05, 4.69) is 31.4 Å². The highest BCUT2D eigenvalue weighted by atomic mass is 32.1. The lowest BCUT2D eigenvalue weighted by Crippen LogP contribution is -2.02. The van der Waals surface area contributed by atoms with Gasteiger partial charge in [0.25, 0.3) is 0 Å². The third-order valence-electron chi connectivity index (χ3n) is 2.52. The van der Waals surface area contributed by atoms with Crippen LogP contribution in [0, 0.1) is 5.92 Å². The van der Waals surface area contributed by atoms with Gasteiger partial charge >= 0.3 is 0 Å². The van der Waals surface area contributed by atoms with Crippen molar-refractivity contribution in [1.29, 1.82) is 0 Å². The fourth-order valence-corrected chi connectivity index (χ4v) is 3.58. The van der Waals surface area contributed by atoms with E-state index in [9.17, 15) is 0 Å². The number of hydrogen-bond acceptors (Lipinski definition) is 4. The molecule has 0 aliphatic heterocycles. The van der Waals surface area contributed by atoms with Crippen LogP contribution in [0.4, 0.5) is 0 Å². The molecule has 2 N–H and O–H groups in total. The molecule has 2 heterocycles. The van der Waals surface area contributed by atoms with Crippen LogP contribution in [0.5, 0.6) is 0 Å². The van der Waals surface area contributed by atoms with E-state index >= 15 is 0 Å². The minimum absolute atomic E-state index is 0.615. The van der Waals surface area contributed by atoms with E-state index < -0.39 is 0 Å². The summed E-state index contributed by atoms with van der Waals surface area (Å²) in [6.07, 6.45) is 1.99. The molecular weight excluding hydrogens is 248 g/mol. The summed E-state index contributed by atoms with van der Waals surface area (Å²) in [5.74, 6) is 0.636. The van der Waals surface area contributed by atoms with Crippen molar-refractivity contribution in [3.63, 3.8) is 0 Å². The number of hydrogen-bond donors (Lipinski definition) is 1. The van der Waals surface area contributed by atoms with E-state index in [-0.39, 0.29) is 0 Å². The molecule has 0 aliphatic rings. The van der Waals surface area contributed by atoms with Gasteiger partial charge in [0.05, 0.1) is 10.7 Å². The van der Waals surface area contributed by atoms with Gasteiger partial charge < -0.3 is 5.73 Å². The zero-order valence-electron chi connectivity index (χ0n) is 10.3. The van der Waals surface area contributed by atoms with Crippen molar-refractivity contribution in [2.75, 3.05) is 0 Å². The van der Waals surface area contributed by atoms with Gasteiger partial charge in [0.15, 0.2) is 0 Å². The first kappa shape index (κ1) is 12.7. The normalized spacial score (nSPS) is 11.3. The Morgan fingerprint density at radius 1 is 1.41 bits per heavy atom. The van der Waals surface area contributed by atoms with Crippen molar-refractivity contribution in [3.05, 3.63) is 38.0 Å². The molecule has 0 saturated heterocycles. The smallest absolute Gasteiger partial charge is 0.0983 e. The summed E-state index contributed by atoms with van der Waals surface area (Å²) in [4.78, 5) is 7.37. The Morgan fingerprint density at radius 2 is 2.24 bits per heavy atom. The first-order valence-electron chi connectivity index (χ1n) is 5.89. The Balaban J connectivity index is 2.16. The minimum atomic E-state index is 0.615. The molecule has 0 spiro atoms. The molecule has 0 aliphatic carbocycles. The van der Waals surface area contributed by atoms with Gasteiger partial charge in [-0.05, 0) is 23.8 Å². The lowest BCUT2D eigenvalue weighted by atomic mass is 10.1. The number of thiophene rings is 1. The molecule has 2 aromatic rings. The maximum absolute atomic E-state index is 5.79. The van der Waals surface area contributed by atoms with Crippen molar-refractivity contribution in [1.82, 2.24) is 4.98 Å². The third kappa shape index (κ3) is 3.37. The molecule has 0 amide bonds. The Kier molecular flexibility index (Phi) is 4.31. The van der Waals surface area contributed by atoms with Crippen LogP contribution in [0.25, 0.3) is 0 Å². The fraction of sp³-hybridized carbons (Fsp3) is 0.462. The first-order chi connectivity index (χ1) is 8.19. The second-order valence-electron chi connectivity index (χ2n) is 4.54. The van der Waals surface area contributed by atoms with Crippen molar-refractivity contribution < 1.29 is 0 Å². The van der Waals surface area contributed by atoms with Crippen LogP contribution in [0.1, 0.15) is 34.3 Å². The summed E-state index contributed by atoms with van der Waals surface area (Å²) in [5.41, 5.74) is 6.99. The van der Waals surface area contributed by atoms with Gasteiger partial charge in [-0.1, -0.05) is 19.9 Å². The second-order valence-corrected chi connectivity index (χ2v) is 6.74. The van der Waals surface area contributed by atoms with Gasteiger partial charge in [0.2, 0.25) is 0 Å². The van der Waals surface area contributed by atoms with E-state index in [1.165, 1.54) is 20.5 Å².